The highest BCUT2D eigenvalue weighted by Gasteiger charge is 2.36. The lowest BCUT2D eigenvalue weighted by Gasteiger charge is -2.35. The van der Waals surface area contributed by atoms with Crippen molar-refractivity contribution in [2.75, 3.05) is 55.4 Å². The lowest BCUT2D eigenvalue weighted by atomic mass is 10.2. The number of nitrogens with one attached hydrogen (secondary N) is 2. The second-order valence-electron chi connectivity index (χ2n) is 8.66. The van der Waals surface area contributed by atoms with E-state index < -0.39 is 23.5 Å². The Kier molecular flexibility index (Phi) is 8.55. The van der Waals surface area contributed by atoms with Crippen LogP contribution in [0.4, 0.5) is 36.2 Å². The monoisotopic (exact) mass is 542 g/mol. The second kappa shape index (κ2) is 12.0. The lowest BCUT2D eigenvalue weighted by Crippen LogP contribution is -2.46. The van der Waals surface area contributed by atoms with Crippen molar-refractivity contribution in [3.05, 3.63) is 66.9 Å². The van der Waals surface area contributed by atoms with E-state index in [1.54, 1.807) is 12.1 Å². The minimum absolute atomic E-state index is 0.0390. The fourth-order valence-electron chi connectivity index (χ4n) is 4.06. The molecule has 0 radical (unpaired) electrons. The van der Waals surface area contributed by atoms with E-state index in [0.717, 1.165) is 44.5 Å². The van der Waals surface area contributed by atoms with Crippen molar-refractivity contribution in [1.29, 1.82) is 0 Å². The van der Waals surface area contributed by atoms with E-state index >= 15 is 0 Å². The highest BCUT2D eigenvalue weighted by molar-refractivity contribution is 5.98. The Morgan fingerprint density at radius 3 is 2.59 bits per heavy atom. The molecule has 0 aliphatic carbocycles. The quantitative estimate of drug-likeness (QED) is 0.352. The smallest absolute Gasteiger partial charge is 0.423 e. The largest absolute Gasteiger partial charge is 0.494 e. The second-order valence-corrected chi connectivity index (χ2v) is 8.66. The third-order valence-corrected chi connectivity index (χ3v) is 6.18. The molecular formula is C27H29F3N6O3. The van der Waals surface area contributed by atoms with E-state index in [1.807, 2.05) is 12.1 Å². The predicted molar refractivity (Wildman–Crippen MR) is 143 cm³/mol. The molecule has 0 spiro atoms. The summed E-state index contributed by atoms with van der Waals surface area (Å²) in [5.41, 5.74) is 0.628. The number of amides is 1. The Balaban J connectivity index is 1.58. The average Bonchev–Trinajstić information content (AvgIpc) is 2.93. The molecule has 3 aromatic rings. The SMILES string of the molecule is C=CC(=O)Nc1cccc(Oc2nc(Nc3ccc(N4CCN(CC)CC4)cc3OC)ncc2C(F)(F)F)c1. The number of piperazine rings is 1. The van der Waals surface area contributed by atoms with Crippen LogP contribution < -0.4 is 25.0 Å². The maximum Gasteiger partial charge on any atom is 0.423 e. The highest BCUT2D eigenvalue weighted by Crippen LogP contribution is 2.38. The summed E-state index contributed by atoms with van der Waals surface area (Å²) in [5.74, 6) is -0.757. The fraction of sp³-hybridized carbons (Fsp3) is 0.296. The number of hydrogen-bond acceptors (Lipinski definition) is 8. The van der Waals surface area contributed by atoms with Crippen molar-refractivity contribution in [1.82, 2.24) is 14.9 Å². The normalized spacial score (nSPS) is 14.0. The van der Waals surface area contributed by atoms with Crippen LogP contribution in [-0.2, 0) is 11.0 Å². The zero-order valence-corrected chi connectivity index (χ0v) is 21.6. The summed E-state index contributed by atoms with van der Waals surface area (Å²) in [5, 5.41) is 5.46. The molecule has 0 unspecified atom stereocenters. The third kappa shape index (κ3) is 6.96. The summed E-state index contributed by atoms with van der Waals surface area (Å²) < 4.78 is 52.2. The zero-order chi connectivity index (χ0) is 28.0. The number of methoxy groups -OCH3 is 1. The maximum absolute atomic E-state index is 13.7. The van der Waals surface area contributed by atoms with Gasteiger partial charge in [0.15, 0.2) is 0 Å². The molecule has 1 aromatic heterocycles. The number of rotatable bonds is 9. The van der Waals surface area contributed by atoms with Crippen molar-refractivity contribution in [3.63, 3.8) is 0 Å². The molecule has 9 nitrogen and oxygen atoms in total. The number of halogens is 3. The maximum atomic E-state index is 13.7. The number of alkyl halides is 3. The number of carbonyl (C=O) groups is 1. The Labute approximate surface area is 224 Å². The number of anilines is 4. The minimum atomic E-state index is -4.76. The molecular weight excluding hydrogens is 513 g/mol. The fourth-order valence-corrected chi connectivity index (χ4v) is 4.06. The summed E-state index contributed by atoms with van der Waals surface area (Å²) in [6.45, 7) is 10.2. The molecule has 1 amide bonds. The molecule has 206 valence electrons. The van der Waals surface area contributed by atoms with Crippen LogP contribution in [0.1, 0.15) is 12.5 Å². The Morgan fingerprint density at radius 2 is 1.92 bits per heavy atom. The van der Waals surface area contributed by atoms with Gasteiger partial charge in [0.2, 0.25) is 17.7 Å². The molecule has 2 heterocycles. The van der Waals surface area contributed by atoms with Crippen LogP contribution in [0, 0.1) is 0 Å². The van der Waals surface area contributed by atoms with Crippen molar-refractivity contribution in [2.45, 2.75) is 13.1 Å². The molecule has 1 saturated heterocycles. The number of ether oxygens (including phenoxy) is 2. The molecule has 2 N–H and O–H groups in total. The van der Waals surface area contributed by atoms with Gasteiger partial charge in [-0.05, 0) is 36.9 Å². The van der Waals surface area contributed by atoms with Gasteiger partial charge >= 0.3 is 6.18 Å². The first-order valence-corrected chi connectivity index (χ1v) is 12.3. The van der Waals surface area contributed by atoms with Crippen LogP contribution in [-0.4, -0.2) is 60.6 Å². The van der Waals surface area contributed by atoms with Crippen molar-refractivity contribution in [2.24, 2.45) is 0 Å². The molecule has 1 aliphatic heterocycles. The number of hydrogen-bond donors (Lipinski definition) is 2. The minimum Gasteiger partial charge on any atom is -0.494 e. The van der Waals surface area contributed by atoms with E-state index in [4.69, 9.17) is 9.47 Å². The Bertz CT molecular complexity index is 1330. The van der Waals surface area contributed by atoms with Crippen LogP contribution in [0.2, 0.25) is 0 Å². The number of aromatic nitrogens is 2. The zero-order valence-electron chi connectivity index (χ0n) is 21.6. The molecule has 1 aliphatic rings. The molecule has 39 heavy (non-hydrogen) atoms. The van der Waals surface area contributed by atoms with E-state index in [2.05, 4.69) is 43.9 Å². The van der Waals surface area contributed by atoms with Crippen LogP contribution >= 0.6 is 0 Å². The molecule has 4 rings (SSSR count). The van der Waals surface area contributed by atoms with Gasteiger partial charge in [0.05, 0.1) is 12.8 Å². The highest BCUT2D eigenvalue weighted by atomic mass is 19.4. The van der Waals surface area contributed by atoms with Gasteiger partial charge in [0.1, 0.15) is 17.1 Å². The van der Waals surface area contributed by atoms with E-state index in [0.29, 0.717) is 23.3 Å². The van der Waals surface area contributed by atoms with Crippen molar-refractivity contribution in [3.8, 4) is 17.4 Å². The average molecular weight is 543 g/mol. The first kappa shape index (κ1) is 27.7. The standard InChI is InChI=1S/C27H29F3N6O3/c1-4-24(37)32-18-7-6-8-20(15-18)39-25-21(27(28,29)30)17-31-26(34-25)33-22-10-9-19(16-23(22)38-3)36-13-11-35(5-2)12-14-36/h4,6-10,15-17H,1,5,11-14H2,2-3H3,(H,32,37)(H,31,33,34). The molecule has 12 heteroatoms. The van der Waals surface area contributed by atoms with Gasteiger partial charge in [-0.2, -0.15) is 18.2 Å². The Hall–Kier alpha value is -4.32. The van der Waals surface area contributed by atoms with Crippen LogP contribution in [0.15, 0.2) is 61.3 Å². The molecule has 2 aromatic carbocycles. The molecule has 0 bridgehead atoms. The van der Waals surface area contributed by atoms with E-state index in [-0.39, 0.29) is 11.7 Å². The van der Waals surface area contributed by atoms with Gasteiger partial charge in [-0.1, -0.05) is 19.6 Å². The van der Waals surface area contributed by atoms with Gasteiger partial charge in [-0.25, -0.2) is 4.98 Å². The van der Waals surface area contributed by atoms with Crippen molar-refractivity contribution < 1.29 is 27.4 Å². The Morgan fingerprint density at radius 1 is 1.15 bits per heavy atom. The van der Waals surface area contributed by atoms with Crippen LogP contribution in [0.5, 0.6) is 17.4 Å². The van der Waals surface area contributed by atoms with Crippen LogP contribution in [0.3, 0.4) is 0 Å². The summed E-state index contributed by atoms with van der Waals surface area (Å²) in [6, 6.07) is 11.5. The lowest BCUT2D eigenvalue weighted by molar-refractivity contribution is -0.139. The summed E-state index contributed by atoms with van der Waals surface area (Å²) in [7, 11) is 1.51. The van der Waals surface area contributed by atoms with E-state index in [1.165, 1.54) is 25.3 Å². The number of benzene rings is 2. The molecule has 0 atom stereocenters. The number of nitrogens with zero attached hydrogens (tertiary/aromatic N) is 4. The van der Waals surface area contributed by atoms with Gasteiger partial charge in [-0.3, -0.25) is 4.79 Å². The van der Waals surface area contributed by atoms with Crippen molar-refractivity contribution >= 4 is 28.9 Å². The van der Waals surface area contributed by atoms with Gasteiger partial charge in [0, 0.05) is 55.9 Å². The number of likely N-dealkylation sites (N-methyl/N-ethyl adjacent to an activating group) is 1. The number of carbonyl (C=O) groups excluding carboxylic acids is 1. The van der Waals surface area contributed by atoms with Gasteiger partial charge in [-0.15, -0.1) is 0 Å². The third-order valence-electron chi connectivity index (χ3n) is 6.18. The predicted octanol–water partition coefficient (Wildman–Crippen LogP) is 5.31. The first-order valence-electron chi connectivity index (χ1n) is 12.3. The first-order chi connectivity index (χ1) is 18.7. The van der Waals surface area contributed by atoms with Gasteiger partial charge in [0.25, 0.3) is 0 Å². The molecule has 0 saturated carbocycles. The summed E-state index contributed by atoms with van der Waals surface area (Å²) in [4.78, 5) is 24.1. The molecule has 1 fully saturated rings. The van der Waals surface area contributed by atoms with Crippen LogP contribution in [0.25, 0.3) is 0 Å². The van der Waals surface area contributed by atoms with Gasteiger partial charge < -0.3 is 29.9 Å². The summed E-state index contributed by atoms with van der Waals surface area (Å²) >= 11 is 0. The van der Waals surface area contributed by atoms with E-state index in [9.17, 15) is 18.0 Å². The topological polar surface area (TPSA) is 91.8 Å². The summed E-state index contributed by atoms with van der Waals surface area (Å²) in [6.07, 6.45) is -3.03.